The van der Waals surface area contributed by atoms with Crippen LogP contribution in [0.2, 0.25) is 0 Å². The summed E-state index contributed by atoms with van der Waals surface area (Å²) < 4.78 is 17.0. The standard InChI is InChI=1S/C29H38N2O6/c1-6-8-17-37-22-12-9-11-21(18-22)27(32)25-26(20-13-14-23(36-7-2)24(19-20)35-5)31(29(34)28(25)33)16-10-15-30(3)4/h9,11-14,18-19,26,32H,6-8,10,15-17H2,1-5H3/b27-25+. The normalized spacial score (nSPS) is 16.9. The lowest BCUT2D eigenvalue weighted by Gasteiger charge is -2.26. The van der Waals surface area contributed by atoms with Crippen LogP contribution in [0.5, 0.6) is 17.2 Å². The molecular formula is C29H38N2O6. The Morgan fingerprint density at radius 2 is 1.81 bits per heavy atom. The van der Waals surface area contributed by atoms with Crippen LogP contribution in [-0.4, -0.2) is 74.1 Å². The maximum absolute atomic E-state index is 13.3. The van der Waals surface area contributed by atoms with Crippen LogP contribution in [0.1, 0.15) is 50.3 Å². The number of carbonyl (C=O) groups is 2. The van der Waals surface area contributed by atoms with Crippen molar-refractivity contribution in [2.75, 3.05) is 47.5 Å². The number of hydrogen-bond donors (Lipinski definition) is 1. The average molecular weight is 511 g/mol. The van der Waals surface area contributed by atoms with E-state index < -0.39 is 17.7 Å². The highest BCUT2D eigenvalue weighted by Gasteiger charge is 2.46. The quantitative estimate of drug-likeness (QED) is 0.182. The Hall–Kier alpha value is -3.52. The first kappa shape index (κ1) is 28.1. The first-order valence-electron chi connectivity index (χ1n) is 12.8. The van der Waals surface area contributed by atoms with Crippen molar-refractivity contribution in [1.82, 2.24) is 9.80 Å². The van der Waals surface area contributed by atoms with Gasteiger partial charge in [-0.3, -0.25) is 9.59 Å². The molecule has 0 saturated carbocycles. The Labute approximate surface area is 219 Å². The molecule has 3 rings (SSSR count). The summed E-state index contributed by atoms with van der Waals surface area (Å²) in [6.07, 6.45) is 2.59. The van der Waals surface area contributed by atoms with Crippen LogP contribution in [0.3, 0.4) is 0 Å². The van der Waals surface area contributed by atoms with E-state index in [0.29, 0.717) is 54.6 Å². The number of methoxy groups -OCH3 is 1. The number of hydrogen-bond acceptors (Lipinski definition) is 7. The highest BCUT2D eigenvalue weighted by molar-refractivity contribution is 6.46. The summed E-state index contributed by atoms with van der Waals surface area (Å²) in [5.41, 5.74) is 1.12. The number of likely N-dealkylation sites (tertiary alicyclic amines) is 1. The fourth-order valence-electron chi connectivity index (χ4n) is 4.37. The lowest BCUT2D eigenvalue weighted by Crippen LogP contribution is -2.32. The van der Waals surface area contributed by atoms with Crippen LogP contribution in [0.25, 0.3) is 5.76 Å². The van der Waals surface area contributed by atoms with Crippen molar-refractivity contribution in [3.63, 3.8) is 0 Å². The molecule has 1 fully saturated rings. The maximum atomic E-state index is 13.3. The first-order chi connectivity index (χ1) is 17.8. The van der Waals surface area contributed by atoms with Crippen LogP contribution in [0.4, 0.5) is 0 Å². The van der Waals surface area contributed by atoms with Crippen molar-refractivity contribution in [2.24, 2.45) is 0 Å². The molecule has 0 bridgehead atoms. The molecule has 1 heterocycles. The predicted octanol–water partition coefficient (Wildman–Crippen LogP) is 4.65. The van der Waals surface area contributed by atoms with Gasteiger partial charge in [-0.25, -0.2) is 0 Å². The van der Waals surface area contributed by atoms with E-state index in [9.17, 15) is 14.7 Å². The molecule has 2 aromatic carbocycles. The molecule has 2 aromatic rings. The largest absolute Gasteiger partial charge is 0.507 e. The smallest absolute Gasteiger partial charge is 0.295 e. The highest BCUT2D eigenvalue weighted by atomic mass is 16.5. The Kier molecular flexibility index (Phi) is 9.97. The molecule has 0 spiro atoms. The predicted molar refractivity (Wildman–Crippen MR) is 143 cm³/mol. The number of benzene rings is 2. The van der Waals surface area contributed by atoms with Gasteiger partial charge in [0, 0.05) is 12.1 Å². The second-order valence-corrected chi connectivity index (χ2v) is 9.22. The van der Waals surface area contributed by atoms with Crippen LogP contribution in [0.15, 0.2) is 48.0 Å². The number of unbranched alkanes of at least 4 members (excludes halogenated alkanes) is 1. The van der Waals surface area contributed by atoms with Gasteiger partial charge in [0.15, 0.2) is 11.5 Å². The van der Waals surface area contributed by atoms with Gasteiger partial charge in [0.25, 0.3) is 11.7 Å². The van der Waals surface area contributed by atoms with Crippen LogP contribution >= 0.6 is 0 Å². The zero-order chi connectivity index (χ0) is 26.9. The monoisotopic (exact) mass is 510 g/mol. The topological polar surface area (TPSA) is 88.5 Å². The molecule has 0 aromatic heterocycles. The Morgan fingerprint density at radius 1 is 1.03 bits per heavy atom. The third-order valence-electron chi connectivity index (χ3n) is 6.22. The number of amides is 1. The van der Waals surface area contributed by atoms with Crippen LogP contribution < -0.4 is 14.2 Å². The minimum atomic E-state index is -0.767. The number of carbonyl (C=O) groups excluding carboxylic acids is 2. The number of aliphatic hydroxyl groups excluding tert-OH is 1. The van der Waals surface area contributed by atoms with Crippen molar-refractivity contribution < 1.29 is 28.9 Å². The van der Waals surface area contributed by atoms with Crippen molar-refractivity contribution >= 4 is 17.4 Å². The number of Topliss-reactive ketones (excluding diaryl/α,β-unsaturated/α-hetero) is 1. The second kappa shape index (κ2) is 13.1. The summed E-state index contributed by atoms with van der Waals surface area (Å²) in [6.45, 7) is 6.10. The second-order valence-electron chi connectivity index (χ2n) is 9.22. The summed E-state index contributed by atoms with van der Waals surface area (Å²) in [7, 11) is 5.46. The Morgan fingerprint density at radius 3 is 2.49 bits per heavy atom. The molecule has 1 aliphatic heterocycles. The van der Waals surface area contributed by atoms with Gasteiger partial charge in [0.05, 0.1) is 31.9 Å². The summed E-state index contributed by atoms with van der Waals surface area (Å²) in [5, 5.41) is 11.4. The van der Waals surface area contributed by atoms with Gasteiger partial charge >= 0.3 is 0 Å². The molecular weight excluding hydrogens is 472 g/mol. The maximum Gasteiger partial charge on any atom is 0.295 e. The first-order valence-corrected chi connectivity index (χ1v) is 12.8. The summed E-state index contributed by atoms with van der Waals surface area (Å²) in [5.74, 6) is 0.0788. The fourth-order valence-corrected chi connectivity index (χ4v) is 4.37. The molecule has 0 aliphatic carbocycles. The van der Waals surface area contributed by atoms with Crippen molar-refractivity contribution in [2.45, 2.75) is 39.2 Å². The fraction of sp³-hybridized carbons (Fsp3) is 0.448. The van der Waals surface area contributed by atoms with Crippen LogP contribution in [-0.2, 0) is 9.59 Å². The van der Waals surface area contributed by atoms with E-state index in [1.165, 1.54) is 4.90 Å². The third-order valence-corrected chi connectivity index (χ3v) is 6.22. The SMILES string of the molecule is CCCCOc1cccc(/C(O)=C2\C(=O)C(=O)N(CCCN(C)C)C2c2ccc(OCC)c(OC)c2)c1. The summed E-state index contributed by atoms with van der Waals surface area (Å²) in [4.78, 5) is 30.1. The summed E-state index contributed by atoms with van der Waals surface area (Å²) in [6, 6.07) is 11.5. The van der Waals surface area contributed by atoms with E-state index in [0.717, 1.165) is 19.4 Å². The number of rotatable bonds is 13. The lowest BCUT2D eigenvalue weighted by molar-refractivity contribution is -0.139. The number of nitrogens with zero attached hydrogens (tertiary/aromatic N) is 2. The van der Waals surface area contributed by atoms with Gasteiger partial charge in [-0.05, 0) is 70.2 Å². The molecule has 1 unspecified atom stereocenters. The van der Waals surface area contributed by atoms with Gasteiger partial charge < -0.3 is 29.1 Å². The molecule has 8 heteroatoms. The van der Waals surface area contributed by atoms with E-state index >= 15 is 0 Å². The molecule has 1 saturated heterocycles. The Bertz CT molecular complexity index is 1130. The number of aliphatic hydroxyl groups is 1. The molecule has 1 N–H and O–H groups in total. The van der Waals surface area contributed by atoms with Gasteiger partial charge in [-0.15, -0.1) is 0 Å². The van der Waals surface area contributed by atoms with Gasteiger partial charge in [0.2, 0.25) is 0 Å². The van der Waals surface area contributed by atoms with Crippen LogP contribution in [0, 0.1) is 0 Å². The highest BCUT2D eigenvalue weighted by Crippen LogP contribution is 2.42. The minimum Gasteiger partial charge on any atom is -0.507 e. The van der Waals surface area contributed by atoms with E-state index in [1.54, 1.807) is 49.6 Å². The van der Waals surface area contributed by atoms with Crippen molar-refractivity contribution in [3.05, 3.63) is 59.2 Å². The molecule has 1 aliphatic rings. The van der Waals surface area contributed by atoms with Gasteiger partial charge in [0.1, 0.15) is 11.5 Å². The zero-order valence-electron chi connectivity index (χ0n) is 22.5. The summed E-state index contributed by atoms with van der Waals surface area (Å²) >= 11 is 0. The van der Waals surface area contributed by atoms with E-state index in [4.69, 9.17) is 14.2 Å². The van der Waals surface area contributed by atoms with Gasteiger partial charge in [-0.1, -0.05) is 31.5 Å². The molecule has 37 heavy (non-hydrogen) atoms. The minimum absolute atomic E-state index is 0.0479. The van der Waals surface area contributed by atoms with E-state index in [-0.39, 0.29) is 11.3 Å². The van der Waals surface area contributed by atoms with Gasteiger partial charge in [-0.2, -0.15) is 0 Å². The number of ether oxygens (including phenoxy) is 3. The Balaban J connectivity index is 2.09. The molecule has 200 valence electrons. The van der Waals surface area contributed by atoms with E-state index in [1.807, 2.05) is 25.9 Å². The molecule has 0 radical (unpaired) electrons. The third kappa shape index (κ3) is 6.63. The molecule has 1 amide bonds. The number of ketones is 1. The molecule has 1 atom stereocenters. The zero-order valence-corrected chi connectivity index (χ0v) is 22.5. The van der Waals surface area contributed by atoms with Crippen molar-refractivity contribution in [1.29, 1.82) is 0 Å². The lowest BCUT2D eigenvalue weighted by atomic mass is 9.95. The van der Waals surface area contributed by atoms with Crippen molar-refractivity contribution in [3.8, 4) is 17.2 Å². The average Bonchev–Trinajstić information content (AvgIpc) is 3.14. The van der Waals surface area contributed by atoms with E-state index in [2.05, 4.69) is 6.92 Å². The molecule has 8 nitrogen and oxygen atoms in total.